The molecular formula is C16H24ClN. The van der Waals surface area contributed by atoms with E-state index in [1.54, 1.807) is 0 Å². The summed E-state index contributed by atoms with van der Waals surface area (Å²) in [6.07, 6.45) is 6.26. The van der Waals surface area contributed by atoms with Crippen molar-refractivity contribution in [3.63, 3.8) is 0 Å². The lowest BCUT2D eigenvalue weighted by Crippen LogP contribution is -2.32. The van der Waals surface area contributed by atoms with E-state index in [0.717, 1.165) is 17.0 Å². The molecule has 1 atom stereocenters. The third kappa shape index (κ3) is 2.31. The molecule has 1 aliphatic carbocycles. The van der Waals surface area contributed by atoms with Gasteiger partial charge in [-0.1, -0.05) is 37.4 Å². The Morgan fingerprint density at radius 2 is 1.78 bits per heavy atom. The van der Waals surface area contributed by atoms with Gasteiger partial charge >= 0.3 is 0 Å². The molecular weight excluding hydrogens is 242 g/mol. The van der Waals surface area contributed by atoms with Gasteiger partial charge in [-0.25, -0.2) is 0 Å². The van der Waals surface area contributed by atoms with Crippen molar-refractivity contribution in [2.24, 2.45) is 11.1 Å². The largest absolute Gasteiger partial charge is 0.323 e. The van der Waals surface area contributed by atoms with Crippen LogP contribution in [-0.4, -0.2) is 0 Å². The molecule has 18 heavy (non-hydrogen) atoms. The molecule has 1 aromatic carbocycles. The first-order chi connectivity index (χ1) is 8.50. The first-order valence-corrected chi connectivity index (χ1v) is 7.40. The van der Waals surface area contributed by atoms with Gasteiger partial charge in [0.2, 0.25) is 0 Å². The zero-order chi connectivity index (χ0) is 13.3. The highest BCUT2D eigenvalue weighted by Crippen LogP contribution is 2.50. The van der Waals surface area contributed by atoms with Gasteiger partial charge in [0, 0.05) is 11.1 Å². The van der Waals surface area contributed by atoms with Crippen molar-refractivity contribution in [3.05, 3.63) is 33.8 Å². The Morgan fingerprint density at radius 3 is 2.33 bits per heavy atom. The number of halogens is 1. The van der Waals surface area contributed by atoms with Crippen molar-refractivity contribution in [3.8, 4) is 0 Å². The topological polar surface area (TPSA) is 26.0 Å². The van der Waals surface area contributed by atoms with E-state index in [4.69, 9.17) is 17.3 Å². The number of benzene rings is 1. The second kappa shape index (κ2) is 5.22. The van der Waals surface area contributed by atoms with Gasteiger partial charge in [-0.05, 0) is 61.3 Å². The fourth-order valence-electron chi connectivity index (χ4n) is 3.34. The molecule has 100 valence electrons. The van der Waals surface area contributed by atoms with Crippen LogP contribution in [0.4, 0.5) is 0 Å². The van der Waals surface area contributed by atoms with Gasteiger partial charge < -0.3 is 5.73 Å². The van der Waals surface area contributed by atoms with Crippen LogP contribution in [0, 0.1) is 19.3 Å². The molecule has 0 bridgehead atoms. The van der Waals surface area contributed by atoms with Crippen molar-refractivity contribution in [1.82, 2.24) is 0 Å². The molecule has 0 saturated heterocycles. The molecule has 1 aliphatic rings. The van der Waals surface area contributed by atoms with E-state index in [1.807, 2.05) is 0 Å². The zero-order valence-electron chi connectivity index (χ0n) is 11.7. The van der Waals surface area contributed by atoms with E-state index in [1.165, 1.54) is 36.8 Å². The van der Waals surface area contributed by atoms with Crippen molar-refractivity contribution in [2.75, 3.05) is 0 Å². The van der Waals surface area contributed by atoms with Crippen molar-refractivity contribution < 1.29 is 0 Å². The summed E-state index contributed by atoms with van der Waals surface area (Å²) >= 11 is 6.41. The predicted octanol–water partition coefficient (Wildman–Crippen LogP) is 4.93. The molecule has 0 heterocycles. The van der Waals surface area contributed by atoms with Crippen LogP contribution >= 0.6 is 11.6 Å². The highest BCUT2D eigenvalue weighted by molar-refractivity contribution is 6.31. The summed E-state index contributed by atoms with van der Waals surface area (Å²) in [5.41, 5.74) is 10.5. The molecule has 2 rings (SSSR count). The van der Waals surface area contributed by atoms with Gasteiger partial charge in [0.05, 0.1) is 0 Å². The number of aryl methyl sites for hydroxylation is 2. The summed E-state index contributed by atoms with van der Waals surface area (Å²) in [6, 6.07) is 4.33. The quantitative estimate of drug-likeness (QED) is 0.824. The molecule has 0 radical (unpaired) electrons. The van der Waals surface area contributed by atoms with Crippen LogP contribution in [-0.2, 0) is 0 Å². The molecule has 0 aromatic heterocycles. The van der Waals surface area contributed by atoms with Gasteiger partial charge in [-0.15, -0.1) is 0 Å². The highest BCUT2D eigenvalue weighted by Gasteiger charge is 2.39. The molecule has 1 aromatic rings. The van der Waals surface area contributed by atoms with E-state index in [9.17, 15) is 0 Å². The van der Waals surface area contributed by atoms with Crippen LogP contribution in [0.5, 0.6) is 0 Å². The Hall–Kier alpha value is -0.530. The summed E-state index contributed by atoms with van der Waals surface area (Å²) in [7, 11) is 0. The molecule has 1 fully saturated rings. The third-order valence-electron chi connectivity index (χ3n) is 4.91. The molecule has 0 spiro atoms. The lowest BCUT2D eigenvalue weighted by Gasteiger charge is -2.35. The Labute approximate surface area is 116 Å². The number of hydrogen-bond donors (Lipinski definition) is 1. The highest BCUT2D eigenvalue weighted by atomic mass is 35.5. The SMILES string of the molecule is CCC1(C(N)c2cc(C)c(C)cc2Cl)CCCC1. The first kappa shape index (κ1) is 13.9. The third-order valence-corrected chi connectivity index (χ3v) is 5.24. The maximum absolute atomic E-state index is 6.58. The summed E-state index contributed by atoms with van der Waals surface area (Å²) < 4.78 is 0. The summed E-state index contributed by atoms with van der Waals surface area (Å²) in [5.74, 6) is 0. The fraction of sp³-hybridized carbons (Fsp3) is 0.625. The molecule has 1 unspecified atom stereocenters. The minimum absolute atomic E-state index is 0.0804. The van der Waals surface area contributed by atoms with Crippen LogP contribution in [0.15, 0.2) is 12.1 Å². The molecule has 1 nitrogen and oxygen atoms in total. The van der Waals surface area contributed by atoms with Crippen LogP contribution in [0.2, 0.25) is 5.02 Å². The molecule has 2 N–H and O–H groups in total. The molecule has 0 aliphatic heterocycles. The Bertz CT molecular complexity index is 433. The maximum atomic E-state index is 6.58. The van der Waals surface area contributed by atoms with E-state index >= 15 is 0 Å². The maximum Gasteiger partial charge on any atom is 0.0456 e. The van der Waals surface area contributed by atoms with Crippen molar-refractivity contribution in [1.29, 1.82) is 0 Å². The summed E-state index contributed by atoms with van der Waals surface area (Å²) in [4.78, 5) is 0. The van der Waals surface area contributed by atoms with Gasteiger partial charge in [0.15, 0.2) is 0 Å². The van der Waals surface area contributed by atoms with Gasteiger partial charge in [-0.2, -0.15) is 0 Å². The standard InChI is InChI=1S/C16H24ClN/c1-4-16(7-5-6-8-16)15(18)13-9-11(2)12(3)10-14(13)17/h9-10,15H,4-8,18H2,1-3H3. The normalized spacial score (nSPS) is 20.1. The van der Waals surface area contributed by atoms with E-state index in [2.05, 4.69) is 32.9 Å². The fourth-order valence-corrected chi connectivity index (χ4v) is 3.67. The van der Waals surface area contributed by atoms with Crippen LogP contribution < -0.4 is 5.73 Å². The number of nitrogens with two attached hydrogens (primary N) is 1. The summed E-state index contributed by atoms with van der Waals surface area (Å²) in [5, 5.41) is 0.838. The number of rotatable bonds is 3. The molecule has 2 heteroatoms. The lowest BCUT2D eigenvalue weighted by molar-refractivity contribution is 0.222. The van der Waals surface area contributed by atoms with E-state index < -0.39 is 0 Å². The minimum Gasteiger partial charge on any atom is -0.323 e. The minimum atomic E-state index is 0.0804. The predicted molar refractivity (Wildman–Crippen MR) is 79.0 cm³/mol. The Morgan fingerprint density at radius 1 is 1.22 bits per heavy atom. The zero-order valence-corrected chi connectivity index (χ0v) is 12.5. The smallest absolute Gasteiger partial charge is 0.0456 e. The van der Waals surface area contributed by atoms with Crippen LogP contribution in [0.1, 0.15) is 61.8 Å². The van der Waals surface area contributed by atoms with Crippen molar-refractivity contribution in [2.45, 2.75) is 58.9 Å². The Kier molecular flexibility index (Phi) is 4.03. The number of hydrogen-bond acceptors (Lipinski definition) is 1. The van der Waals surface area contributed by atoms with Gasteiger partial charge in [0.25, 0.3) is 0 Å². The second-order valence-corrected chi connectivity index (χ2v) is 6.27. The summed E-state index contributed by atoms with van der Waals surface area (Å²) in [6.45, 7) is 6.50. The lowest BCUT2D eigenvalue weighted by atomic mass is 9.73. The van der Waals surface area contributed by atoms with Gasteiger partial charge in [0.1, 0.15) is 0 Å². The van der Waals surface area contributed by atoms with Crippen LogP contribution in [0.3, 0.4) is 0 Å². The molecule has 0 amide bonds. The first-order valence-electron chi connectivity index (χ1n) is 7.02. The van der Waals surface area contributed by atoms with Gasteiger partial charge in [-0.3, -0.25) is 0 Å². The van der Waals surface area contributed by atoms with Crippen molar-refractivity contribution >= 4 is 11.6 Å². The van der Waals surface area contributed by atoms with E-state index in [0.29, 0.717) is 0 Å². The van der Waals surface area contributed by atoms with E-state index in [-0.39, 0.29) is 11.5 Å². The Balaban J connectivity index is 2.39. The monoisotopic (exact) mass is 265 g/mol. The van der Waals surface area contributed by atoms with Crippen LogP contribution in [0.25, 0.3) is 0 Å². The second-order valence-electron chi connectivity index (χ2n) is 5.86. The average molecular weight is 266 g/mol. The average Bonchev–Trinajstić information content (AvgIpc) is 2.83. The molecule has 1 saturated carbocycles.